The normalized spacial score (nSPS) is 10.2. The largest absolute Gasteiger partial charge is 0.340 e. The molecular formula is C12H18N4O. The van der Waals surface area contributed by atoms with Crippen LogP contribution in [0.2, 0.25) is 0 Å². The predicted octanol–water partition coefficient (Wildman–Crippen LogP) is 1.28. The highest BCUT2D eigenvalue weighted by Crippen LogP contribution is 2.02. The fourth-order valence-electron chi connectivity index (χ4n) is 1.58. The summed E-state index contributed by atoms with van der Waals surface area (Å²) in [4.78, 5) is 13.7. The van der Waals surface area contributed by atoms with E-state index in [1.165, 1.54) is 0 Å². The standard InChI is InChI=1S/C12H18N4O/c1-11(2)9-15(7-3-5-13)12(17)10-16-8-4-6-14-16/h4,6,8,11H,3,7,9-10H2,1-2H3. The van der Waals surface area contributed by atoms with Crippen molar-refractivity contribution in [2.75, 3.05) is 13.1 Å². The molecule has 0 aliphatic carbocycles. The van der Waals surface area contributed by atoms with E-state index in [0.29, 0.717) is 25.4 Å². The Morgan fingerprint density at radius 2 is 2.35 bits per heavy atom. The zero-order valence-corrected chi connectivity index (χ0v) is 10.3. The SMILES string of the molecule is CC(C)CN(CCC#N)C(=O)Cn1cccn1. The van der Waals surface area contributed by atoms with Gasteiger partial charge in [-0.05, 0) is 12.0 Å². The van der Waals surface area contributed by atoms with E-state index in [1.54, 1.807) is 28.0 Å². The van der Waals surface area contributed by atoms with Crippen molar-refractivity contribution in [3.63, 3.8) is 0 Å². The van der Waals surface area contributed by atoms with Crippen LogP contribution in [0.25, 0.3) is 0 Å². The molecule has 1 rings (SSSR count). The van der Waals surface area contributed by atoms with Crippen molar-refractivity contribution in [2.24, 2.45) is 5.92 Å². The maximum absolute atomic E-state index is 12.0. The molecule has 0 fully saturated rings. The second-order valence-corrected chi connectivity index (χ2v) is 4.35. The number of amides is 1. The summed E-state index contributed by atoms with van der Waals surface area (Å²) in [5.74, 6) is 0.410. The molecule has 0 spiro atoms. The molecule has 0 aliphatic heterocycles. The Balaban J connectivity index is 2.56. The second kappa shape index (κ2) is 6.69. The molecule has 0 unspecified atom stereocenters. The summed E-state index contributed by atoms with van der Waals surface area (Å²) in [5.41, 5.74) is 0. The van der Waals surface area contributed by atoms with Gasteiger partial charge in [-0.1, -0.05) is 13.8 Å². The molecule has 5 nitrogen and oxygen atoms in total. The van der Waals surface area contributed by atoms with Gasteiger partial charge in [-0.3, -0.25) is 9.48 Å². The molecule has 17 heavy (non-hydrogen) atoms. The molecule has 1 aromatic rings. The Labute approximate surface area is 102 Å². The van der Waals surface area contributed by atoms with Gasteiger partial charge in [0.1, 0.15) is 6.54 Å². The number of nitriles is 1. The van der Waals surface area contributed by atoms with Crippen LogP contribution in [0.4, 0.5) is 0 Å². The predicted molar refractivity (Wildman–Crippen MR) is 63.9 cm³/mol. The molecule has 1 heterocycles. The van der Waals surface area contributed by atoms with Crippen LogP contribution in [-0.2, 0) is 11.3 Å². The lowest BCUT2D eigenvalue weighted by Gasteiger charge is -2.23. The average Bonchev–Trinajstić information content (AvgIpc) is 2.76. The Bertz CT molecular complexity index is 378. The topological polar surface area (TPSA) is 61.9 Å². The van der Waals surface area contributed by atoms with Crippen LogP contribution in [-0.4, -0.2) is 33.7 Å². The lowest BCUT2D eigenvalue weighted by molar-refractivity contribution is -0.132. The van der Waals surface area contributed by atoms with Crippen molar-refractivity contribution in [3.05, 3.63) is 18.5 Å². The first-order chi connectivity index (χ1) is 8.13. The number of nitrogens with zero attached hydrogens (tertiary/aromatic N) is 4. The van der Waals surface area contributed by atoms with Crippen molar-refractivity contribution in [1.29, 1.82) is 5.26 Å². The van der Waals surface area contributed by atoms with E-state index in [9.17, 15) is 4.79 Å². The van der Waals surface area contributed by atoms with Crippen molar-refractivity contribution in [2.45, 2.75) is 26.8 Å². The molecule has 1 aromatic heterocycles. The average molecular weight is 234 g/mol. The molecule has 0 aliphatic rings. The molecule has 92 valence electrons. The Morgan fingerprint density at radius 1 is 1.59 bits per heavy atom. The van der Waals surface area contributed by atoms with Crippen molar-refractivity contribution in [1.82, 2.24) is 14.7 Å². The number of hydrogen-bond donors (Lipinski definition) is 0. The first-order valence-corrected chi connectivity index (χ1v) is 5.75. The molecule has 0 atom stereocenters. The van der Waals surface area contributed by atoms with Gasteiger partial charge in [0, 0.05) is 25.5 Å². The van der Waals surface area contributed by atoms with Crippen molar-refractivity contribution in [3.8, 4) is 6.07 Å². The van der Waals surface area contributed by atoms with E-state index in [4.69, 9.17) is 5.26 Å². The zero-order valence-electron chi connectivity index (χ0n) is 10.3. The summed E-state index contributed by atoms with van der Waals surface area (Å²) in [7, 11) is 0. The van der Waals surface area contributed by atoms with Crippen LogP contribution < -0.4 is 0 Å². The molecular weight excluding hydrogens is 216 g/mol. The number of carbonyl (C=O) groups is 1. The van der Waals surface area contributed by atoms with Gasteiger partial charge in [0.05, 0.1) is 12.5 Å². The monoisotopic (exact) mass is 234 g/mol. The van der Waals surface area contributed by atoms with E-state index in [0.717, 1.165) is 0 Å². The van der Waals surface area contributed by atoms with Crippen molar-refractivity contribution < 1.29 is 4.79 Å². The lowest BCUT2D eigenvalue weighted by Crippen LogP contribution is -2.37. The molecule has 0 N–H and O–H groups in total. The maximum atomic E-state index is 12.0. The van der Waals surface area contributed by atoms with E-state index >= 15 is 0 Å². The summed E-state index contributed by atoms with van der Waals surface area (Å²) in [6.45, 7) is 5.53. The summed E-state index contributed by atoms with van der Waals surface area (Å²) in [5, 5.41) is 12.6. The third-order valence-electron chi connectivity index (χ3n) is 2.29. The lowest BCUT2D eigenvalue weighted by atomic mass is 10.2. The minimum atomic E-state index is 0.0117. The first-order valence-electron chi connectivity index (χ1n) is 5.75. The van der Waals surface area contributed by atoms with Crippen LogP contribution >= 0.6 is 0 Å². The van der Waals surface area contributed by atoms with Gasteiger partial charge >= 0.3 is 0 Å². The minimum absolute atomic E-state index is 0.0117. The first kappa shape index (κ1) is 13.2. The van der Waals surface area contributed by atoms with Gasteiger partial charge in [0.2, 0.25) is 5.91 Å². The molecule has 0 saturated carbocycles. The smallest absolute Gasteiger partial charge is 0.244 e. The molecule has 5 heteroatoms. The van der Waals surface area contributed by atoms with E-state index < -0.39 is 0 Å². The van der Waals surface area contributed by atoms with E-state index in [2.05, 4.69) is 25.0 Å². The van der Waals surface area contributed by atoms with Gasteiger partial charge in [-0.2, -0.15) is 10.4 Å². The van der Waals surface area contributed by atoms with E-state index in [-0.39, 0.29) is 12.5 Å². The molecule has 0 bridgehead atoms. The Morgan fingerprint density at radius 3 is 2.88 bits per heavy atom. The van der Waals surface area contributed by atoms with Crippen LogP contribution in [0.5, 0.6) is 0 Å². The van der Waals surface area contributed by atoms with E-state index in [1.807, 2.05) is 0 Å². The Hall–Kier alpha value is -1.83. The highest BCUT2D eigenvalue weighted by atomic mass is 16.2. The molecule has 0 aromatic carbocycles. The zero-order chi connectivity index (χ0) is 12.7. The van der Waals surface area contributed by atoms with Crippen LogP contribution in [0.3, 0.4) is 0 Å². The number of rotatable bonds is 6. The molecule has 1 amide bonds. The maximum Gasteiger partial charge on any atom is 0.244 e. The quantitative estimate of drug-likeness (QED) is 0.745. The number of hydrogen-bond acceptors (Lipinski definition) is 3. The van der Waals surface area contributed by atoms with Gasteiger partial charge in [0.25, 0.3) is 0 Å². The van der Waals surface area contributed by atoms with Gasteiger partial charge in [-0.15, -0.1) is 0 Å². The van der Waals surface area contributed by atoms with Gasteiger partial charge in [0.15, 0.2) is 0 Å². The fourth-order valence-corrected chi connectivity index (χ4v) is 1.58. The van der Waals surface area contributed by atoms with Crippen LogP contribution in [0.1, 0.15) is 20.3 Å². The van der Waals surface area contributed by atoms with Gasteiger partial charge in [-0.25, -0.2) is 0 Å². The highest BCUT2D eigenvalue weighted by Gasteiger charge is 2.14. The number of aromatic nitrogens is 2. The Kier molecular flexibility index (Phi) is 5.21. The molecule has 0 radical (unpaired) electrons. The van der Waals surface area contributed by atoms with Gasteiger partial charge < -0.3 is 4.90 Å². The summed E-state index contributed by atoms with van der Waals surface area (Å²) in [6, 6.07) is 3.86. The summed E-state index contributed by atoms with van der Waals surface area (Å²) < 4.78 is 1.60. The third kappa shape index (κ3) is 4.68. The van der Waals surface area contributed by atoms with Crippen LogP contribution in [0.15, 0.2) is 18.5 Å². The minimum Gasteiger partial charge on any atom is -0.340 e. The second-order valence-electron chi connectivity index (χ2n) is 4.35. The summed E-state index contributed by atoms with van der Waals surface area (Å²) in [6.07, 6.45) is 3.78. The third-order valence-corrected chi connectivity index (χ3v) is 2.29. The van der Waals surface area contributed by atoms with Crippen molar-refractivity contribution >= 4 is 5.91 Å². The van der Waals surface area contributed by atoms with Crippen LogP contribution in [0, 0.1) is 17.2 Å². The summed E-state index contributed by atoms with van der Waals surface area (Å²) >= 11 is 0. The number of carbonyl (C=O) groups excluding carboxylic acids is 1. The molecule has 0 saturated heterocycles. The highest BCUT2D eigenvalue weighted by molar-refractivity contribution is 5.75. The fraction of sp³-hybridized carbons (Fsp3) is 0.583.